The lowest BCUT2D eigenvalue weighted by Crippen LogP contribution is -2.22. The van der Waals surface area contributed by atoms with Crippen LogP contribution >= 0.6 is 35.3 Å². The largest absolute Gasteiger partial charge is 0.494 e. The van der Waals surface area contributed by atoms with Gasteiger partial charge in [-0.15, -0.1) is 23.1 Å². The quantitative estimate of drug-likeness (QED) is 0.156. The Bertz CT molecular complexity index is 1290. The van der Waals surface area contributed by atoms with Crippen LogP contribution in [-0.4, -0.2) is 27.9 Å². The summed E-state index contributed by atoms with van der Waals surface area (Å²) < 4.78 is 5.49. The molecule has 0 radical (unpaired) electrons. The maximum absolute atomic E-state index is 12.7. The number of thiazole rings is 1. The van der Waals surface area contributed by atoms with Crippen LogP contribution in [0.1, 0.15) is 13.8 Å². The number of ether oxygens (including phenoxy) is 1. The molecular formula is C27H26N4O2S3. The van der Waals surface area contributed by atoms with Crippen LogP contribution in [0.2, 0.25) is 0 Å². The minimum absolute atomic E-state index is 0.0944. The van der Waals surface area contributed by atoms with Crippen molar-refractivity contribution >= 4 is 62.8 Å². The van der Waals surface area contributed by atoms with E-state index in [4.69, 9.17) is 17.0 Å². The third kappa shape index (κ3) is 7.30. The second kappa shape index (κ2) is 12.5. The molecule has 4 aromatic rings. The summed E-state index contributed by atoms with van der Waals surface area (Å²) in [5.74, 6) is 0.731. The summed E-state index contributed by atoms with van der Waals surface area (Å²) >= 11 is 8.27. The van der Waals surface area contributed by atoms with E-state index in [1.807, 2.05) is 98.1 Å². The number of rotatable bonds is 9. The number of carbonyl (C=O) groups excluding carboxylic acids is 1. The normalized spacial score (nSPS) is 11.4. The first-order chi connectivity index (χ1) is 17.5. The van der Waals surface area contributed by atoms with Crippen molar-refractivity contribution in [1.29, 1.82) is 0 Å². The molecule has 0 fully saturated rings. The monoisotopic (exact) mass is 534 g/mol. The topological polar surface area (TPSA) is 75.3 Å². The second-order valence-corrected chi connectivity index (χ2v) is 10.4. The van der Waals surface area contributed by atoms with Gasteiger partial charge in [-0.2, -0.15) is 0 Å². The molecule has 6 nitrogen and oxygen atoms in total. The Labute approximate surface area is 224 Å². The first kappa shape index (κ1) is 25.7. The van der Waals surface area contributed by atoms with Gasteiger partial charge in [-0.3, -0.25) is 4.79 Å². The Hall–Kier alpha value is -3.40. The van der Waals surface area contributed by atoms with Crippen LogP contribution in [0.4, 0.5) is 16.5 Å². The van der Waals surface area contributed by atoms with Crippen LogP contribution < -0.4 is 20.7 Å². The molecule has 0 saturated carbocycles. The lowest BCUT2D eigenvalue weighted by molar-refractivity contribution is -0.115. The van der Waals surface area contributed by atoms with Crippen LogP contribution in [0, 0.1) is 0 Å². The molecule has 3 N–H and O–H groups in total. The van der Waals surface area contributed by atoms with E-state index in [-0.39, 0.29) is 11.2 Å². The van der Waals surface area contributed by atoms with Crippen LogP contribution in [-0.2, 0) is 4.79 Å². The molecule has 4 rings (SSSR count). The highest BCUT2D eigenvalue weighted by Crippen LogP contribution is 2.29. The molecule has 1 amide bonds. The minimum Gasteiger partial charge on any atom is -0.494 e. The van der Waals surface area contributed by atoms with Gasteiger partial charge >= 0.3 is 0 Å². The first-order valence-corrected chi connectivity index (χ1v) is 13.6. The fourth-order valence-electron chi connectivity index (χ4n) is 3.25. The molecule has 184 valence electrons. The smallest absolute Gasteiger partial charge is 0.239 e. The zero-order valence-electron chi connectivity index (χ0n) is 19.9. The summed E-state index contributed by atoms with van der Waals surface area (Å²) in [7, 11) is 0. The molecule has 0 bridgehead atoms. The van der Waals surface area contributed by atoms with Crippen LogP contribution in [0.3, 0.4) is 0 Å². The Morgan fingerprint density at radius 3 is 2.31 bits per heavy atom. The SMILES string of the molecule is CCOc1ccc(-c2csc(NC(=O)C(C)Sc3ccc(NC(=S)Nc4ccccc4)cc3)n2)cc1. The molecule has 1 aromatic heterocycles. The summed E-state index contributed by atoms with van der Waals surface area (Å²) in [6, 6.07) is 25.3. The number of benzene rings is 3. The number of nitrogens with one attached hydrogen (secondary N) is 3. The third-order valence-electron chi connectivity index (χ3n) is 5.02. The molecule has 3 aromatic carbocycles. The average Bonchev–Trinajstić information content (AvgIpc) is 3.35. The van der Waals surface area contributed by atoms with E-state index in [9.17, 15) is 4.79 Å². The van der Waals surface area contributed by atoms with Crippen LogP contribution in [0.25, 0.3) is 11.3 Å². The molecule has 9 heteroatoms. The summed E-state index contributed by atoms with van der Waals surface area (Å²) in [6.07, 6.45) is 0. The van der Waals surface area contributed by atoms with Gasteiger partial charge in [0, 0.05) is 27.2 Å². The van der Waals surface area contributed by atoms with Crippen LogP contribution in [0.5, 0.6) is 5.75 Å². The molecular weight excluding hydrogens is 509 g/mol. The standard InChI is InChI=1S/C27H26N4O2S3/c1-3-33-22-13-9-19(10-14-22)24-17-35-27(30-24)31-25(32)18(2)36-23-15-11-21(12-16-23)29-26(34)28-20-7-5-4-6-8-20/h4-18H,3H2,1-2H3,(H2,28,29,34)(H,30,31,32). The number of amides is 1. The summed E-state index contributed by atoms with van der Waals surface area (Å²) in [5, 5.41) is 12.0. The molecule has 0 aliphatic rings. The molecule has 1 unspecified atom stereocenters. The molecule has 0 spiro atoms. The molecule has 1 atom stereocenters. The fourth-order valence-corrected chi connectivity index (χ4v) is 5.07. The number of thioether (sulfide) groups is 1. The van der Waals surface area contributed by atoms with E-state index in [1.54, 1.807) is 0 Å². The van der Waals surface area contributed by atoms with Gasteiger partial charge in [0.25, 0.3) is 0 Å². The number of hydrogen-bond donors (Lipinski definition) is 3. The molecule has 1 heterocycles. The maximum atomic E-state index is 12.7. The van der Waals surface area contributed by atoms with Gasteiger partial charge in [-0.05, 0) is 86.7 Å². The highest BCUT2D eigenvalue weighted by Gasteiger charge is 2.16. The van der Waals surface area contributed by atoms with Gasteiger partial charge < -0.3 is 20.7 Å². The predicted octanol–water partition coefficient (Wildman–Crippen LogP) is 7.14. The summed E-state index contributed by atoms with van der Waals surface area (Å²) in [6.45, 7) is 4.46. The van der Waals surface area contributed by atoms with Gasteiger partial charge in [-0.25, -0.2) is 4.98 Å². The van der Waals surface area contributed by atoms with Crippen molar-refractivity contribution in [3.8, 4) is 17.0 Å². The van der Waals surface area contributed by atoms with E-state index in [1.165, 1.54) is 23.1 Å². The predicted molar refractivity (Wildman–Crippen MR) is 155 cm³/mol. The molecule has 0 saturated heterocycles. The van der Waals surface area contributed by atoms with Crippen molar-refractivity contribution in [1.82, 2.24) is 4.98 Å². The zero-order valence-corrected chi connectivity index (χ0v) is 22.3. The van der Waals surface area contributed by atoms with Crippen molar-refractivity contribution < 1.29 is 9.53 Å². The Morgan fingerprint density at radius 2 is 1.64 bits per heavy atom. The zero-order chi connectivity index (χ0) is 25.3. The lowest BCUT2D eigenvalue weighted by Gasteiger charge is -2.12. The van der Waals surface area contributed by atoms with Crippen LogP contribution in [0.15, 0.2) is 89.1 Å². The van der Waals surface area contributed by atoms with E-state index < -0.39 is 0 Å². The highest BCUT2D eigenvalue weighted by atomic mass is 32.2. The number of carbonyl (C=O) groups is 1. The number of hydrogen-bond acceptors (Lipinski definition) is 6. The second-order valence-electron chi connectivity index (χ2n) is 7.71. The lowest BCUT2D eigenvalue weighted by atomic mass is 10.2. The number of nitrogens with zero attached hydrogens (tertiary/aromatic N) is 1. The van der Waals surface area contributed by atoms with Gasteiger partial charge in [-0.1, -0.05) is 18.2 Å². The third-order valence-corrected chi connectivity index (χ3v) is 7.10. The number of anilines is 3. The number of aromatic nitrogens is 1. The van der Waals surface area contributed by atoms with Crippen molar-refractivity contribution in [2.75, 3.05) is 22.6 Å². The minimum atomic E-state index is -0.289. The maximum Gasteiger partial charge on any atom is 0.239 e. The summed E-state index contributed by atoms with van der Waals surface area (Å²) in [5.41, 5.74) is 3.59. The van der Waals surface area contributed by atoms with E-state index in [0.717, 1.165) is 33.3 Å². The van der Waals surface area contributed by atoms with Crippen molar-refractivity contribution in [3.05, 3.63) is 84.2 Å². The number of para-hydroxylation sites is 1. The fraction of sp³-hybridized carbons (Fsp3) is 0.148. The Morgan fingerprint density at radius 1 is 0.972 bits per heavy atom. The van der Waals surface area contributed by atoms with Gasteiger partial charge in [0.15, 0.2) is 10.2 Å². The van der Waals surface area contributed by atoms with Crippen molar-refractivity contribution in [2.45, 2.75) is 24.0 Å². The summed E-state index contributed by atoms with van der Waals surface area (Å²) in [4.78, 5) is 18.3. The first-order valence-electron chi connectivity index (χ1n) is 11.4. The van der Waals surface area contributed by atoms with Crippen molar-refractivity contribution in [2.24, 2.45) is 0 Å². The Kier molecular flexibility index (Phi) is 8.94. The average molecular weight is 535 g/mol. The van der Waals surface area contributed by atoms with Gasteiger partial charge in [0.2, 0.25) is 5.91 Å². The Balaban J connectivity index is 1.27. The van der Waals surface area contributed by atoms with E-state index >= 15 is 0 Å². The molecule has 0 aliphatic carbocycles. The van der Waals surface area contributed by atoms with Gasteiger partial charge in [0.05, 0.1) is 17.6 Å². The highest BCUT2D eigenvalue weighted by molar-refractivity contribution is 8.00. The van der Waals surface area contributed by atoms with Gasteiger partial charge in [0.1, 0.15) is 5.75 Å². The molecule has 0 aliphatic heterocycles. The van der Waals surface area contributed by atoms with Crippen molar-refractivity contribution in [3.63, 3.8) is 0 Å². The van der Waals surface area contributed by atoms with E-state index in [0.29, 0.717) is 16.9 Å². The molecule has 36 heavy (non-hydrogen) atoms. The number of thiocarbonyl (C=S) groups is 1. The van der Waals surface area contributed by atoms with E-state index in [2.05, 4.69) is 20.9 Å².